The first-order valence-electron chi connectivity index (χ1n) is 12.9. The summed E-state index contributed by atoms with van der Waals surface area (Å²) >= 11 is 0. The molecule has 0 bridgehead atoms. The predicted molar refractivity (Wildman–Crippen MR) is 133 cm³/mol. The third-order valence-electron chi connectivity index (χ3n) is 7.99. The number of aliphatic hydroxyl groups is 3. The minimum atomic E-state index is -2.16. The minimum Gasteiger partial charge on any atom is -0.390 e. The number of fused-ring (bicyclic) bond motifs is 2. The molecule has 2 heterocycles. The fourth-order valence-electron chi connectivity index (χ4n) is 5.92. The highest BCUT2D eigenvalue weighted by Gasteiger charge is 2.68. The zero-order valence-corrected chi connectivity index (χ0v) is 22.1. The number of aliphatic hydroxyl groups excluding tert-OH is 1. The van der Waals surface area contributed by atoms with Crippen LogP contribution in [0.4, 0.5) is 0 Å². The fourth-order valence-corrected chi connectivity index (χ4v) is 5.92. The van der Waals surface area contributed by atoms with Gasteiger partial charge in [-0.1, -0.05) is 38.1 Å². The number of ether oxygens (including phenoxy) is 4. The first-order chi connectivity index (χ1) is 17.1. The molecule has 2 saturated heterocycles. The van der Waals surface area contributed by atoms with E-state index >= 15 is 0 Å². The average Bonchev–Trinajstić information content (AvgIpc) is 2.83. The Balaban J connectivity index is 1.54. The normalized spacial score (nSPS) is 42.7. The van der Waals surface area contributed by atoms with Crippen molar-refractivity contribution in [3.63, 3.8) is 0 Å². The van der Waals surface area contributed by atoms with Crippen LogP contribution in [0.1, 0.15) is 44.2 Å². The van der Waals surface area contributed by atoms with Crippen LogP contribution in [0.5, 0.6) is 0 Å². The van der Waals surface area contributed by atoms with Gasteiger partial charge < -0.3 is 50.2 Å². The lowest BCUT2D eigenvalue weighted by molar-refractivity contribution is -0.482. The van der Waals surface area contributed by atoms with E-state index in [9.17, 15) is 15.3 Å². The maximum atomic E-state index is 11.8. The van der Waals surface area contributed by atoms with Crippen LogP contribution >= 0.6 is 0 Å². The molecular weight excluding hydrogens is 466 g/mol. The molecule has 6 N–H and O–H groups in total. The Hall–Kier alpha value is -1.18. The molecule has 10 atom stereocenters. The third kappa shape index (κ3) is 4.84. The SMILES string of the molecule is CN[C@@H]1[C@H](O)[C@H](NC)[C@H]2O[C@]3(O)[C@H](OC2[C@H]1OC)O[C@H](C)C[C@@]3(O)CNCc1ccc(C(C)C)cc1. The lowest BCUT2D eigenvalue weighted by atomic mass is 9.77. The molecule has 1 saturated carbocycles. The molecule has 1 aromatic carbocycles. The van der Waals surface area contributed by atoms with E-state index in [1.54, 1.807) is 21.2 Å². The summed E-state index contributed by atoms with van der Waals surface area (Å²) < 4.78 is 24.2. The van der Waals surface area contributed by atoms with Crippen molar-refractivity contribution in [2.75, 3.05) is 27.7 Å². The Labute approximate surface area is 213 Å². The highest BCUT2D eigenvalue weighted by Crippen LogP contribution is 2.46. The molecule has 2 aliphatic heterocycles. The van der Waals surface area contributed by atoms with E-state index in [1.807, 2.05) is 6.92 Å². The van der Waals surface area contributed by atoms with Crippen LogP contribution in [0.15, 0.2) is 24.3 Å². The van der Waals surface area contributed by atoms with Crippen LogP contribution in [-0.4, -0.2) is 103 Å². The number of hydrogen-bond acceptors (Lipinski definition) is 10. The Morgan fingerprint density at radius 2 is 1.72 bits per heavy atom. The summed E-state index contributed by atoms with van der Waals surface area (Å²) in [6, 6.07) is 7.31. The molecular formula is C26H43N3O7. The van der Waals surface area contributed by atoms with Crippen molar-refractivity contribution in [2.24, 2.45) is 0 Å². The van der Waals surface area contributed by atoms with E-state index in [1.165, 1.54) is 5.56 Å². The molecule has 1 aromatic rings. The third-order valence-corrected chi connectivity index (χ3v) is 7.99. The molecule has 0 amide bonds. The van der Waals surface area contributed by atoms with Gasteiger partial charge in [0.15, 0.2) is 0 Å². The van der Waals surface area contributed by atoms with E-state index in [4.69, 9.17) is 18.9 Å². The monoisotopic (exact) mass is 509 g/mol. The van der Waals surface area contributed by atoms with Gasteiger partial charge in [-0.3, -0.25) is 0 Å². The van der Waals surface area contributed by atoms with Gasteiger partial charge in [-0.15, -0.1) is 0 Å². The standard InChI is InChI=1S/C26H43N3O7/c1-14(2)17-9-7-16(8-10-17)12-29-13-25(31)11-15(3)34-24-26(25,32)36-22-19(28-5)20(30)18(27-4)21(33-6)23(22)35-24/h7-10,14-15,18-24,27-32H,11-13H2,1-6H3/t15-,18-,19+,20+,21+,22-,23?,24+,25-,26-/m1/s1. The molecule has 1 unspecified atom stereocenters. The molecule has 0 radical (unpaired) electrons. The zero-order valence-electron chi connectivity index (χ0n) is 22.1. The van der Waals surface area contributed by atoms with Crippen molar-refractivity contribution in [1.29, 1.82) is 0 Å². The fraction of sp³-hybridized carbons (Fsp3) is 0.769. The second-order valence-corrected chi connectivity index (χ2v) is 10.7. The van der Waals surface area contributed by atoms with Gasteiger partial charge in [0.25, 0.3) is 0 Å². The van der Waals surface area contributed by atoms with Gasteiger partial charge >= 0.3 is 0 Å². The van der Waals surface area contributed by atoms with Crippen LogP contribution in [0.25, 0.3) is 0 Å². The molecule has 0 aromatic heterocycles. The van der Waals surface area contributed by atoms with E-state index in [0.717, 1.165) is 5.56 Å². The number of methoxy groups -OCH3 is 1. The maximum absolute atomic E-state index is 11.8. The molecule has 1 aliphatic carbocycles. The smallest absolute Gasteiger partial charge is 0.249 e. The summed E-state index contributed by atoms with van der Waals surface area (Å²) in [5.41, 5.74) is 0.627. The van der Waals surface area contributed by atoms with Crippen LogP contribution < -0.4 is 16.0 Å². The number of rotatable bonds is 8. The highest BCUT2D eigenvalue weighted by atomic mass is 16.8. The lowest BCUT2D eigenvalue weighted by Crippen LogP contribution is -2.81. The Kier molecular flexibility index (Phi) is 8.43. The first-order valence-corrected chi connectivity index (χ1v) is 12.9. The van der Waals surface area contributed by atoms with Crippen LogP contribution in [0.3, 0.4) is 0 Å². The summed E-state index contributed by atoms with van der Waals surface area (Å²) in [6.45, 7) is 6.70. The van der Waals surface area contributed by atoms with Crippen molar-refractivity contribution < 1.29 is 34.3 Å². The van der Waals surface area contributed by atoms with Crippen molar-refractivity contribution >= 4 is 0 Å². The van der Waals surface area contributed by atoms with Crippen LogP contribution in [-0.2, 0) is 25.5 Å². The largest absolute Gasteiger partial charge is 0.390 e. The number of likely N-dealkylation sites (N-methyl/N-ethyl adjacent to an activating group) is 2. The summed E-state index contributed by atoms with van der Waals surface area (Å²) in [7, 11) is 5.00. The molecule has 10 heteroatoms. The van der Waals surface area contributed by atoms with Gasteiger partial charge in [0.1, 0.15) is 23.9 Å². The van der Waals surface area contributed by atoms with Crippen LogP contribution in [0.2, 0.25) is 0 Å². The first kappa shape index (κ1) is 27.8. The summed E-state index contributed by atoms with van der Waals surface area (Å²) in [4.78, 5) is 0. The molecule has 3 aliphatic rings. The van der Waals surface area contributed by atoms with Gasteiger partial charge in [-0.2, -0.15) is 0 Å². The van der Waals surface area contributed by atoms with E-state index in [2.05, 4.69) is 54.1 Å². The molecule has 4 rings (SSSR count). The molecule has 3 fully saturated rings. The van der Waals surface area contributed by atoms with Crippen molar-refractivity contribution in [2.45, 2.75) is 99.9 Å². The lowest BCUT2D eigenvalue weighted by Gasteiger charge is -2.60. The minimum absolute atomic E-state index is 0.0556. The quantitative estimate of drug-likeness (QED) is 0.280. The van der Waals surface area contributed by atoms with Crippen molar-refractivity contribution in [3.8, 4) is 0 Å². The maximum Gasteiger partial charge on any atom is 0.249 e. The van der Waals surface area contributed by atoms with E-state index in [0.29, 0.717) is 12.5 Å². The van der Waals surface area contributed by atoms with Gasteiger partial charge in [0.05, 0.1) is 24.3 Å². The van der Waals surface area contributed by atoms with Crippen molar-refractivity contribution in [1.82, 2.24) is 16.0 Å². The van der Waals surface area contributed by atoms with Crippen molar-refractivity contribution in [3.05, 3.63) is 35.4 Å². The Morgan fingerprint density at radius 3 is 2.31 bits per heavy atom. The summed E-state index contributed by atoms with van der Waals surface area (Å²) in [5, 5.41) is 44.1. The molecule has 36 heavy (non-hydrogen) atoms. The summed E-state index contributed by atoms with van der Waals surface area (Å²) in [6.07, 6.45) is -4.39. The molecule has 10 nitrogen and oxygen atoms in total. The van der Waals surface area contributed by atoms with Gasteiger partial charge in [-0.05, 0) is 38.1 Å². The number of benzene rings is 1. The average molecular weight is 510 g/mol. The van der Waals surface area contributed by atoms with Crippen LogP contribution in [0, 0.1) is 0 Å². The second-order valence-electron chi connectivity index (χ2n) is 10.7. The van der Waals surface area contributed by atoms with E-state index < -0.39 is 54.2 Å². The molecule has 0 spiro atoms. The topological polar surface area (TPSA) is 134 Å². The molecule has 204 valence electrons. The number of nitrogens with one attached hydrogen (secondary N) is 3. The van der Waals surface area contributed by atoms with Gasteiger partial charge in [0.2, 0.25) is 12.1 Å². The Morgan fingerprint density at radius 1 is 1.06 bits per heavy atom. The second kappa shape index (κ2) is 10.9. The summed E-state index contributed by atoms with van der Waals surface area (Å²) in [5.74, 6) is -1.70. The van der Waals surface area contributed by atoms with E-state index in [-0.39, 0.29) is 19.1 Å². The predicted octanol–water partition coefficient (Wildman–Crippen LogP) is -0.196. The van der Waals surface area contributed by atoms with Gasteiger partial charge in [-0.25, -0.2) is 0 Å². The van der Waals surface area contributed by atoms with Gasteiger partial charge in [0, 0.05) is 26.6 Å². The highest BCUT2D eigenvalue weighted by molar-refractivity contribution is 5.24. The number of hydrogen-bond donors (Lipinski definition) is 6. The zero-order chi connectivity index (χ0) is 26.3. The Bertz CT molecular complexity index is 874.